The monoisotopic (exact) mass is 377 g/mol. The molecule has 0 unspecified atom stereocenters. The van der Waals surface area contributed by atoms with E-state index in [9.17, 15) is 9.59 Å². The molecule has 0 bridgehead atoms. The lowest BCUT2D eigenvalue weighted by Crippen LogP contribution is -2.21. The van der Waals surface area contributed by atoms with E-state index in [1.54, 1.807) is 36.4 Å². The molecule has 2 aromatic rings. The topological polar surface area (TPSA) is 64.6 Å². The predicted molar refractivity (Wildman–Crippen MR) is 90.8 cm³/mol. The van der Waals surface area contributed by atoms with E-state index in [1.165, 1.54) is 7.11 Å². The summed E-state index contributed by atoms with van der Waals surface area (Å²) in [7, 11) is 1.52. The first-order valence-corrected chi connectivity index (χ1v) is 7.66. The Morgan fingerprint density at radius 2 is 1.96 bits per heavy atom. The van der Waals surface area contributed by atoms with Crippen molar-refractivity contribution in [2.45, 2.75) is 6.92 Å². The summed E-state index contributed by atoms with van der Waals surface area (Å²) in [6.45, 7) is 1.53. The van der Waals surface area contributed by atoms with E-state index in [-0.39, 0.29) is 6.61 Å². The van der Waals surface area contributed by atoms with Gasteiger partial charge in [0.2, 0.25) is 0 Å². The fraction of sp³-hybridized carbons (Fsp3) is 0.176. The van der Waals surface area contributed by atoms with Gasteiger partial charge in [-0.1, -0.05) is 28.1 Å². The van der Waals surface area contributed by atoms with E-state index in [0.717, 1.165) is 10.0 Å². The highest BCUT2D eigenvalue weighted by atomic mass is 79.9. The molecule has 0 saturated carbocycles. The number of carbonyl (C=O) groups is 2. The van der Waals surface area contributed by atoms with Gasteiger partial charge in [-0.25, -0.2) is 4.79 Å². The lowest BCUT2D eigenvalue weighted by Gasteiger charge is -2.11. The van der Waals surface area contributed by atoms with E-state index in [4.69, 9.17) is 9.47 Å². The number of amides is 1. The second-order valence-electron chi connectivity index (χ2n) is 4.84. The van der Waals surface area contributed by atoms with Crippen molar-refractivity contribution in [3.63, 3.8) is 0 Å². The van der Waals surface area contributed by atoms with Gasteiger partial charge in [0.15, 0.2) is 6.61 Å². The largest absolute Gasteiger partial charge is 0.495 e. The highest BCUT2D eigenvalue weighted by Crippen LogP contribution is 2.25. The van der Waals surface area contributed by atoms with Crippen LogP contribution >= 0.6 is 15.9 Å². The third-order valence-electron chi connectivity index (χ3n) is 3.02. The summed E-state index contributed by atoms with van der Waals surface area (Å²) in [6.07, 6.45) is 0. The van der Waals surface area contributed by atoms with Gasteiger partial charge in [-0.15, -0.1) is 0 Å². The number of nitrogens with one attached hydrogen (secondary N) is 1. The Morgan fingerprint density at radius 3 is 2.65 bits per heavy atom. The zero-order chi connectivity index (χ0) is 16.8. The zero-order valence-electron chi connectivity index (χ0n) is 12.8. The first kappa shape index (κ1) is 17.0. The number of esters is 1. The number of rotatable bonds is 5. The molecule has 0 saturated heterocycles. The van der Waals surface area contributed by atoms with Crippen LogP contribution in [0.2, 0.25) is 0 Å². The molecule has 0 radical (unpaired) electrons. The first-order valence-electron chi connectivity index (χ1n) is 6.87. The van der Waals surface area contributed by atoms with Gasteiger partial charge in [-0.3, -0.25) is 4.79 Å². The van der Waals surface area contributed by atoms with Crippen LogP contribution < -0.4 is 10.1 Å². The third kappa shape index (κ3) is 4.82. The van der Waals surface area contributed by atoms with Gasteiger partial charge in [0, 0.05) is 4.47 Å². The Hall–Kier alpha value is -2.34. The molecule has 1 amide bonds. The zero-order valence-corrected chi connectivity index (χ0v) is 14.3. The lowest BCUT2D eigenvalue weighted by atomic mass is 10.2. The minimum Gasteiger partial charge on any atom is -0.495 e. The average molecular weight is 378 g/mol. The van der Waals surface area contributed by atoms with Crippen LogP contribution in [0.1, 0.15) is 15.9 Å². The number of aryl methyl sites for hydroxylation is 1. The minimum atomic E-state index is -0.558. The number of anilines is 1. The number of hydrogen-bond acceptors (Lipinski definition) is 4. The van der Waals surface area contributed by atoms with Crippen LogP contribution in [-0.4, -0.2) is 25.6 Å². The van der Waals surface area contributed by atoms with E-state index >= 15 is 0 Å². The van der Waals surface area contributed by atoms with Crippen molar-refractivity contribution < 1.29 is 19.1 Å². The molecule has 0 aliphatic rings. The van der Waals surface area contributed by atoms with Crippen molar-refractivity contribution in [2.75, 3.05) is 19.0 Å². The molecule has 0 atom stereocenters. The summed E-state index contributed by atoms with van der Waals surface area (Å²) in [5.41, 5.74) is 1.89. The molecule has 5 nitrogen and oxygen atoms in total. The van der Waals surface area contributed by atoms with Crippen LogP contribution in [0.25, 0.3) is 0 Å². The van der Waals surface area contributed by atoms with Gasteiger partial charge in [0.05, 0.1) is 18.4 Å². The van der Waals surface area contributed by atoms with Crippen molar-refractivity contribution in [2.24, 2.45) is 0 Å². The standard InChI is InChI=1S/C17H16BrNO4/c1-11-6-7-15(22-2)14(8-11)19-16(20)10-23-17(21)12-4-3-5-13(18)9-12/h3-9H,10H2,1-2H3,(H,19,20). The SMILES string of the molecule is COc1ccc(C)cc1NC(=O)COC(=O)c1cccc(Br)c1. The molecule has 2 aromatic carbocycles. The van der Waals surface area contributed by atoms with Crippen LogP contribution in [0.3, 0.4) is 0 Å². The summed E-state index contributed by atoms with van der Waals surface area (Å²) in [6, 6.07) is 12.2. The van der Waals surface area contributed by atoms with Gasteiger partial charge in [-0.2, -0.15) is 0 Å². The Balaban J connectivity index is 1.95. The molecule has 120 valence electrons. The van der Waals surface area contributed by atoms with E-state index in [1.807, 2.05) is 13.0 Å². The van der Waals surface area contributed by atoms with Gasteiger partial charge in [0.25, 0.3) is 5.91 Å². The van der Waals surface area contributed by atoms with E-state index in [0.29, 0.717) is 17.0 Å². The van der Waals surface area contributed by atoms with Gasteiger partial charge >= 0.3 is 5.97 Å². The molecule has 2 rings (SSSR count). The number of ether oxygens (including phenoxy) is 2. The molecule has 0 aliphatic carbocycles. The maximum atomic E-state index is 11.9. The van der Waals surface area contributed by atoms with Gasteiger partial charge < -0.3 is 14.8 Å². The number of methoxy groups -OCH3 is 1. The molecule has 23 heavy (non-hydrogen) atoms. The Kier molecular flexibility index (Phi) is 5.76. The fourth-order valence-electron chi connectivity index (χ4n) is 1.94. The molecular weight excluding hydrogens is 362 g/mol. The Labute approximate surface area is 142 Å². The van der Waals surface area contributed by atoms with Crippen molar-refractivity contribution in [1.82, 2.24) is 0 Å². The molecule has 0 spiro atoms. The van der Waals surface area contributed by atoms with Gasteiger partial charge in [0.1, 0.15) is 5.75 Å². The van der Waals surface area contributed by atoms with Crippen molar-refractivity contribution >= 4 is 33.5 Å². The highest BCUT2D eigenvalue weighted by molar-refractivity contribution is 9.10. The molecule has 6 heteroatoms. The van der Waals surface area contributed by atoms with Crippen LogP contribution in [0.5, 0.6) is 5.75 Å². The number of benzene rings is 2. The summed E-state index contributed by atoms with van der Waals surface area (Å²) in [5, 5.41) is 2.67. The smallest absolute Gasteiger partial charge is 0.338 e. The number of carbonyl (C=O) groups excluding carboxylic acids is 2. The highest BCUT2D eigenvalue weighted by Gasteiger charge is 2.12. The summed E-state index contributed by atoms with van der Waals surface area (Å²) >= 11 is 3.28. The average Bonchev–Trinajstić information content (AvgIpc) is 2.53. The fourth-order valence-corrected chi connectivity index (χ4v) is 2.33. The maximum absolute atomic E-state index is 11.9. The molecular formula is C17H16BrNO4. The molecule has 0 heterocycles. The first-order chi connectivity index (χ1) is 11.0. The molecule has 0 fully saturated rings. The predicted octanol–water partition coefficient (Wildman–Crippen LogP) is 3.56. The molecule has 0 aromatic heterocycles. The maximum Gasteiger partial charge on any atom is 0.338 e. The quantitative estimate of drug-likeness (QED) is 0.809. The minimum absolute atomic E-state index is 0.373. The summed E-state index contributed by atoms with van der Waals surface area (Å²) < 4.78 is 11.0. The van der Waals surface area contributed by atoms with Crippen LogP contribution in [0, 0.1) is 6.92 Å². The second kappa shape index (κ2) is 7.78. The van der Waals surface area contributed by atoms with Crippen LogP contribution in [0.15, 0.2) is 46.9 Å². The van der Waals surface area contributed by atoms with E-state index in [2.05, 4.69) is 21.2 Å². The molecule has 0 aliphatic heterocycles. The Morgan fingerprint density at radius 1 is 1.17 bits per heavy atom. The molecule has 1 N–H and O–H groups in total. The normalized spacial score (nSPS) is 10.0. The van der Waals surface area contributed by atoms with E-state index < -0.39 is 11.9 Å². The Bertz CT molecular complexity index is 730. The lowest BCUT2D eigenvalue weighted by molar-refractivity contribution is -0.119. The van der Waals surface area contributed by atoms with Crippen molar-refractivity contribution in [1.29, 1.82) is 0 Å². The van der Waals surface area contributed by atoms with Gasteiger partial charge in [-0.05, 0) is 42.8 Å². The van der Waals surface area contributed by atoms with Crippen LogP contribution in [-0.2, 0) is 9.53 Å². The number of hydrogen-bond donors (Lipinski definition) is 1. The van der Waals surface area contributed by atoms with Crippen LogP contribution in [0.4, 0.5) is 5.69 Å². The summed E-state index contributed by atoms with van der Waals surface area (Å²) in [4.78, 5) is 23.8. The van der Waals surface area contributed by atoms with Crippen molar-refractivity contribution in [3.05, 3.63) is 58.1 Å². The van der Waals surface area contributed by atoms with Crippen molar-refractivity contribution in [3.8, 4) is 5.75 Å². The number of halogens is 1. The second-order valence-corrected chi connectivity index (χ2v) is 5.75. The third-order valence-corrected chi connectivity index (χ3v) is 3.52. The summed E-state index contributed by atoms with van der Waals surface area (Å²) in [5.74, 6) is -0.447.